The number of benzene rings is 2. The highest BCUT2D eigenvalue weighted by atomic mass is 19.1. The average Bonchev–Trinajstić information content (AvgIpc) is 2.46. The normalized spacial score (nSPS) is 10.3. The number of aryl methyl sites for hydroxylation is 1. The summed E-state index contributed by atoms with van der Waals surface area (Å²) in [5.74, 6) is -0.0678. The quantitative estimate of drug-likeness (QED) is 0.905. The lowest BCUT2D eigenvalue weighted by Gasteiger charge is -2.16. The molecule has 0 aliphatic heterocycles. The van der Waals surface area contributed by atoms with Gasteiger partial charge in [0.2, 0.25) is 0 Å². The van der Waals surface area contributed by atoms with Crippen LogP contribution in [-0.2, 0) is 6.54 Å². The van der Waals surface area contributed by atoms with Crippen LogP contribution in [0.25, 0.3) is 0 Å². The van der Waals surface area contributed by atoms with Gasteiger partial charge in [0.05, 0.1) is 7.11 Å². The highest BCUT2D eigenvalue weighted by Gasteiger charge is 2.05. The van der Waals surface area contributed by atoms with Crippen LogP contribution in [0.15, 0.2) is 36.4 Å². The van der Waals surface area contributed by atoms with E-state index in [9.17, 15) is 4.39 Å². The van der Waals surface area contributed by atoms with Gasteiger partial charge in [-0.1, -0.05) is 6.07 Å². The van der Waals surface area contributed by atoms with Gasteiger partial charge < -0.3 is 15.0 Å². The summed E-state index contributed by atoms with van der Waals surface area (Å²) < 4.78 is 18.6. The van der Waals surface area contributed by atoms with Gasteiger partial charge in [0.1, 0.15) is 0 Å². The van der Waals surface area contributed by atoms with E-state index in [4.69, 9.17) is 4.74 Å². The third-order valence-electron chi connectivity index (χ3n) is 3.43. The average molecular weight is 288 g/mol. The first-order chi connectivity index (χ1) is 10.0. The van der Waals surface area contributed by atoms with Crippen LogP contribution in [0.3, 0.4) is 0 Å². The molecule has 0 aliphatic carbocycles. The SMILES string of the molecule is COc1ccc(CNc2ccc(N(C)C)cc2C)cc1F. The second kappa shape index (κ2) is 6.48. The Kier molecular flexibility index (Phi) is 4.68. The molecule has 0 atom stereocenters. The lowest BCUT2D eigenvalue weighted by Crippen LogP contribution is -2.09. The summed E-state index contributed by atoms with van der Waals surface area (Å²) in [5.41, 5.74) is 4.25. The van der Waals surface area contributed by atoms with Crippen molar-refractivity contribution in [1.82, 2.24) is 0 Å². The van der Waals surface area contributed by atoms with Crippen LogP contribution in [-0.4, -0.2) is 21.2 Å². The van der Waals surface area contributed by atoms with E-state index in [1.165, 1.54) is 13.2 Å². The number of nitrogens with zero attached hydrogens (tertiary/aromatic N) is 1. The minimum Gasteiger partial charge on any atom is -0.494 e. The molecule has 0 aromatic heterocycles. The number of rotatable bonds is 5. The van der Waals surface area contributed by atoms with Gasteiger partial charge in [-0.2, -0.15) is 0 Å². The summed E-state index contributed by atoms with van der Waals surface area (Å²) in [6, 6.07) is 11.2. The first kappa shape index (κ1) is 15.2. The molecule has 0 fully saturated rings. The molecule has 3 nitrogen and oxygen atoms in total. The molecule has 2 rings (SSSR count). The van der Waals surface area contributed by atoms with Gasteiger partial charge in [-0.25, -0.2) is 4.39 Å². The monoisotopic (exact) mass is 288 g/mol. The fraction of sp³-hybridized carbons (Fsp3) is 0.294. The van der Waals surface area contributed by atoms with Gasteiger partial charge in [-0.15, -0.1) is 0 Å². The van der Waals surface area contributed by atoms with Crippen LogP contribution < -0.4 is 15.0 Å². The topological polar surface area (TPSA) is 24.5 Å². The van der Waals surface area contributed by atoms with Crippen LogP contribution >= 0.6 is 0 Å². The molecule has 0 bridgehead atoms. The van der Waals surface area contributed by atoms with Crippen LogP contribution in [0.4, 0.5) is 15.8 Å². The molecule has 2 aromatic rings. The number of methoxy groups -OCH3 is 1. The van der Waals surface area contributed by atoms with Crippen molar-refractivity contribution < 1.29 is 9.13 Å². The van der Waals surface area contributed by atoms with E-state index in [0.29, 0.717) is 6.54 Å². The predicted molar refractivity (Wildman–Crippen MR) is 85.8 cm³/mol. The molecular weight excluding hydrogens is 267 g/mol. The van der Waals surface area contributed by atoms with Gasteiger partial charge in [0, 0.05) is 32.0 Å². The molecule has 0 amide bonds. The molecule has 0 aliphatic rings. The summed E-state index contributed by atoms with van der Waals surface area (Å²) in [5, 5.41) is 3.33. The molecule has 0 saturated heterocycles. The molecule has 0 radical (unpaired) electrons. The van der Waals surface area contributed by atoms with Crippen molar-refractivity contribution in [1.29, 1.82) is 0 Å². The van der Waals surface area contributed by atoms with Gasteiger partial charge >= 0.3 is 0 Å². The van der Waals surface area contributed by atoms with Gasteiger partial charge in [0.25, 0.3) is 0 Å². The third kappa shape index (κ3) is 3.66. The predicted octanol–water partition coefficient (Wildman–Crippen LogP) is 3.82. The molecule has 4 heteroatoms. The fourth-order valence-electron chi connectivity index (χ4n) is 2.14. The molecule has 0 heterocycles. The standard InChI is InChI=1S/C17H21FN2O/c1-12-9-14(20(2)3)6-7-16(12)19-11-13-5-8-17(21-4)15(18)10-13/h5-10,19H,11H2,1-4H3. The van der Waals surface area contributed by atoms with Crippen molar-refractivity contribution in [3.05, 3.63) is 53.3 Å². The minimum absolute atomic E-state index is 0.269. The Morgan fingerprint density at radius 2 is 1.90 bits per heavy atom. The zero-order valence-corrected chi connectivity index (χ0v) is 12.9. The molecule has 2 aromatic carbocycles. The second-order valence-electron chi connectivity index (χ2n) is 5.22. The van der Waals surface area contributed by atoms with E-state index in [0.717, 1.165) is 22.5 Å². The molecule has 0 spiro atoms. The molecule has 112 valence electrons. The molecule has 0 saturated carbocycles. The fourth-order valence-corrected chi connectivity index (χ4v) is 2.14. The Morgan fingerprint density at radius 3 is 2.48 bits per heavy atom. The highest BCUT2D eigenvalue weighted by molar-refractivity contribution is 5.59. The number of hydrogen-bond acceptors (Lipinski definition) is 3. The van der Waals surface area contributed by atoms with E-state index in [-0.39, 0.29) is 11.6 Å². The van der Waals surface area contributed by atoms with E-state index in [1.807, 2.05) is 26.2 Å². The Hall–Kier alpha value is -2.23. The Labute approximate surface area is 125 Å². The van der Waals surface area contributed by atoms with Gasteiger partial charge in [-0.3, -0.25) is 0 Å². The molecule has 0 unspecified atom stereocenters. The molecular formula is C17H21FN2O. The highest BCUT2D eigenvalue weighted by Crippen LogP contribution is 2.23. The molecule has 1 N–H and O–H groups in total. The largest absolute Gasteiger partial charge is 0.494 e. The smallest absolute Gasteiger partial charge is 0.165 e. The summed E-state index contributed by atoms with van der Waals surface area (Å²) in [6.45, 7) is 2.63. The Balaban J connectivity index is 2.08. The Morgan fingerprint density at radius 1 is 1.14 bits per heavy atom. The van der Waals surface area contributed by atoms with Crippen LogP contribution in [0.2, 0.25) is 0 Å². The first-order valence-electron chi connectivity index (χ1n) is 6.85. The second-order valence-corrected chi connectivity index (χ2v) is 5.22. The number of hydrogen-bond donors (Lipinski definition) is 1. The van der Waals surface area contributed by atoms with E-state index < -0.39 is 0 Å². The third-order valence-corrected chi connectivity index (χ3v) is 3.43. The first-order valence-corrected chi connectivity index (χ1v) is 6.85. The number of nitrogens with one attached hydrogen (secondary N) is 1. The maximum absolute atomic E-state index is 13.6. The van der Waals surface area contributed by atoms with E-state index in [2.05, 4.69) is 29.3 Å². The zero-order chi connectivity index (χ0) is 15.4. The van der Waals surface area contributed by atoms with Gasteiger partial charge in [0.15, 0.2) is 11.6 Å². The van der Waals surface area contributed by atoms with Crippen LogP contribution in [0.5, 0.6) is 5.75 Å². The van der Waals surface area contributed by atoms with E-state index in [1.54, 1.807) is 6.07 Å². The zero-order valence-electron chi connectivity index (χ0n) is 12.9. The summed E-state index contributed by atoms with van der Waals surface area (Å²) in [7, 11) is 5.50. The number of halogens is 1. The van der Waals surface area contributed by atoms with Crippen molar-refractivity contribution in [2.24, 2.45) is 0 Å². The van der Waals surface area contributed by atoms with Gasteiger partial charge in [-0.05, 0) is 48.4 Å². The van der Waals surface area contributed by atoms with Crippen molar-refractivity contribution >= 4 is 11.4 Å². The lowest BCUT2D eigenvalue weighted by molar-refractivity contribution is 0.386. The van der Waals surface area contributed by atoms with Crippen molar-refractivity contribution in [3.8, 4) is 5.75 Å². The minimum atomic E-state index is -0.337. The van der Waals surface area contributed by atoms with Crippen LogP contribution in [0, 0.1) is 12.7 Å². The molecule has 21 heavy (non-hydrogen) atoms. The summed E-state index contributed by atoms with van der Waals surface area (Å²) in [6.07, 6.45) is 0. The van der Waals surface area contributed by atoms with Crippen LogP contribution in [0.1, 0.15) is 11.1 Å². The Bertz CT molecular complexity index is 626. The van der Waals surface area contributed by atoms with Crippen molar-refractivity contribution in [2.75, 3.05) is 31.4 Å². The lowest BCUT2D eigenvalue weighted by atomic mass is 10.1. The maximum atomic E-state index is 13.6. The van der Waals surface area contributed by atoms with Crippen molar-refractivity contribution in [2.45, 2.75) is 13.5 Å². The maximum Gasteiger partial charge on any atom is 0.165 e. The number of anilines is 2. The van der Waals surface area contributed by atoms with Crippen molar-refractivity contribution in [3.63, 3.8) is 0 Å². The van der Waals surface area contributed by atoms with E-state index >= 15 is 0 Å². The number of ether oxygens (including phenoxy) is 1. The summed E-state index contributed by atoms with van der Waals surface area (Å²) in [4.78, 5) is 2.07. The summed E-state index contributed by atoms with van der Waals surface area (Å²) >= 11 is 0.